The van der Waals surface area contributed by atoms with Gasteiger partial charge in [-0.25, -0.2) is 0 Å². The number of likely N-dealkylation sites (N-methyl/N-ethyl adjacent to an activating group) is 1. The predicted octanol–water partition coefficient (Wildman–Crippen LogP) is 1.22. The Morgan fingerprint density at radius 3 is 3.06 bits per heavy atom. The van der Waals surface area contributed by atoms with Crippen LogP contribution in [-0.2, 0) is 17.9 Å². The van der Waals surface area contributed by atoms with Gasteiger partial charge in [-0.3, -0.25) is 4.79 Å². The van der Waals surface area contributed by atoms with Crippen LogP contribution in [0.3, 0.4) is 0 Å². The summed E-state index contributed by atoms with van der Waals surface area (Å²) >= 11 is 0. The Kier molecular flexibility index (Phi) is 3.84. The highest BCUT2D eigenvalue weighted by Gasteiger charge is 2.22. The molecule has 17 heavy (non-hydrogen) atoms. The largest absolute Gasteiger partial charge is 0.351 e. The van der Waals surface area contributed by atoms with Gasteiger partial charge in [0.05, 0.1) is 0 Å². The van der Waals surface area contributed by atoms with E-state index in [1.165, 1.54) is 5.69 Å². The number of aryl methyl sites for hydroxylation is 1. The zero-order valence-electron chi connectivity index (χ0n) is 10.6. The first-order valence-corrected chi connectivity index (χ1v) is 6.32. The summed E-state index contributed by atoms with van der Waals surface area (Å²) in [5, 5.41) is 3.53. The third-order valence-corrected chi connectivity index (χ3v) is 3.46. The SMILES string of the molecule is CCn1cccc1CNC1CCC(=O)N(C)C1. The monoisotopic (exact) mass is 235 g/mol. The van der Waals surface area contributed by atoms with Crippen LogP contribution < -0.4 is 5.32 Å². The zero-order chi connectivity index (χ0) is 12.3. The molecule has 4 heteroatoms. The average Bonchev–Trinajstić information content (AvgIpc) is 2.78. The molecule has 0 aliphatic carbocycles. The van der Waals surface area contributed by atoms with E-state index in [-0.39, 0.29) is 5.91 Å². The second-order valence-electron chi connectivity index (χ2n) is 4.68. The molecule has 1 unspecified atom stereocenters. The van der Waals surface area contributed by atoms with Gasteiger partial charge in [-0.05, 0) is 25.5 Å². The lowest BCUT2D eigenvalue weighted by atomic mass is 10.1. The van der Waals surface area contributed by atoms with E-state index in [0.29, 0.717) is 12.5 Å². The first kappa shape index (κ1) is 12.2. The zero-order valence-corrected chi connectivity index (χ0v) is 10.6. The van der Waals surface area contributed by atoms with E-state index in [1.807, 2.05) is 11.9 Å². The van der Waals surface area contributed by atoms with E-state index in [2.05, 4.69) is 35.1 Å². The second kappa shape index (κ2) is 5.36. The maximum absolute atomic E-state index is 11.4. The summed E-state index contributed by atoms with van der Waals surface area (Å²) in [6, 6.07) is 4.66. The van der Waals surface area contributed by atoms with Crippen LogP contribution >= 0.6 is 0 Å². The third-order valence-electron chi connectivity index (χ3n) is 3.46. The number of likely N-dealkylation sites (tertiary alicyclic amines) is 1. The lowest BCUT2D eigenvalue weighted by molar-refractivity contribution is -0.132. The fraction of sp³-hybridized carbons (Fsp3) is 0.615. The van der Waals surface area contributed by atoms with Crippen molar-refractivity contribution < 1.29 is 4.79 Å². The first-order chi connectivity index (χ1) is 8.20. The van der Waals surface area contributed by atoms with Gasteiger partial charge in [0.15, 0.2) is 0 Å². The van der Waals surface area contributed by atoms with Crippen molar-refractivity contribution >= 4 is 5.91 Å². The molecule has 0 saturated carbocycles. The van der Waals surface area contributed by atoms with Crippen LogP contribution in [0.2, 0.25) is 0 Å². The highest BCUT2D eigenvalue weighted by Crippen LogP contribution is 2.10. The molecule has 0 radical (unpaired) electrons. The van der Waals surface area contributed by atoms with Gasteiger partial charge in [-0.2, -0.15) is 0 Å². The van der Waals surface area contributed by atoms with E-state index >= 15 is 0 Å². The number of nitrogens with one attached hydrogen (secondary N) is 1. The average molecular weight is 235 g/mol. The molecular formula is C13H21N3O. The number of carbonyl (C=O) groups is 1. The molecule has 1 amide bonds. The van der Waals surface area contributed by atoms with E-state index in [0.717, 1.165) is 26.1 Å². The normalized spacial score (nSPS) is 20.9. The minimum Gasteiger partial charge on any atom is -0.351 e. The molecule has 1 N–H and O–H groups in total. The number of hydrogen-bond donors (Lipinski definition) is 1. The molecule has 1 aromatic heterocycles. The van der Waals surface area contributed by atoms with Crippen LogP contribution in [0.5, 0.6) is 0 Å². The van der Waals surface area contributed by atoms with E-state index in [9.17, 15) is 4.79 Å². The molecule has 2 rings (SSSR count). The van der Waals surface area contributed by atoms with Crippen molar-refractivity contribution in [2.75, 3.05) is 13.6 Å². The fourth-order valence-corrected chi connectivity index (χ4v) is 2.35. The second-order valence-corrected chi connectivity index (χ2v) is 4.68. The Hall–Kier alpha value is -1.29. The highest BCUT2D eigenvalue weighted by molar-refractivity contribution is 5.76. The van der Waals surface area contributed by atoms with E-state index in [1.54, 1.807) is 0 Å². The molecule has 4 nitrogen and oxygen atoms in total. The number of amides is 1. The van der Waals surface area contributed by atoms with Gasteiger partial charge in [-0.15, -0.1) is 0 Å². The van der Waals surface area contributed by atoms with Gasteiger partial charge >= 0.3 is 0 Å². The fourth-order valence-electron chi connectivity index (χ4n) is 2.35. The minimum atomic E-state index is 0.264. The van der Waals surface area contributed by atoms with Crippen LogP contribution in [0, 0.1) is 0 Å². The first-order valence-electron chi connectivity index (χ1n) is 6.32. The number of hydrogen-bond acceptors (Lipinski definition) is 2. The third kappa shape index (κ3) is 2.88. The van der Waals surface area contributed by atoms with Crippen LogP contribution in [0.1, 0.15) is 25.5 Å². The summed E-state index contributed by atoms with van der Waals surface area (Å²) in [5.41, 5.74) is 1.31. The molecule has 1 aliphatic heterocycles. The molecule has 1 atom stereocenters. The maximum atomic E-state index is 11.4. The Balaban J connectivity index is 1.84. The van der Waals surface area contributed by atoms with Crippen molar-refractivity contribution in [2.24, 2.45) is 0 Å². The summed E-state index contributed by atoms with van der Waals surface area (Å²) in [5.74, 6) is 0.264. The Morgan fingerprint density at radius 1 is 1.53 bits per heavy atom. The molecule has 1 aromatic rings. The van der Waals surface area contributed by atoms with E-state index < -0.39 is 0 Å². The van der Waals surface area contributed by atoms with Gasteiger partial charge in [0.2, 0.25) is 5.91 Å². The molecule has 0 aromatic carbocycles. The van der Waals surface area contributed by atoms with E-state index in [4.69, 9.17) is 0 Å². The summed E-state index contributed by atoms with van der Waals surface area (Å²) < 4.78 is 2.24. The number of rotatable bonds is 4. The minimum absolute atomic E-state index is 0.264. The van der Waals surface area contributed by atoms with Crippen LogP contribution in [-0.4, -0.2) is 35.0 Å². The number of piperidine rings is 1. The van der Waals surface area contributed by atoms with Crippen molar-refractivity contribution in [2.45, 2.75) is 38.9 Å². The molecule has 2 heterocycles. The molecule has 0 spiro atoms. The highest BCUT2D eigenvalue weighted by atomic mass is 16.2. The summed E-state index contributed by atoms with van der Waals surface area (Å²) in [7, 11) is 1.88. The van der Waals surface area contributed by atoms with Crippen molar-refractivity contribution in [3.63, 3.8) is 0 Å². The standard InChI is InChI=1S/C13H21N3O/c1-3-16-8-4-5-12(16)9-14-11-6-7-13(17)15(2)10-11/h4-5,8,11,14H,3,6-7,9-10H2,1-2H3. The molecule has 1 fully saturated rings. The Morgan fingerprint density at radius 2 is 2.35 bits per heavy atom. The number of nitrogens with zero attached hydrogens (tertiary/aromatic N) is 2. The number of aromatic nitrogens is 1. The molecular weight excluding hydrogens is 214 g/mol. The number of carbonyl (C=O) groups excluding carboxylic acids is 1. The Bertz CT molecular complexity index is 386. The van der Waals surface area contributed by atoms with Gasteiger partial charge in [0.1, 0.15) is 0 Å². The maximum Gasteiger partial charge on any atom is 0.222 e. The van der Waals surface area contributed by atoms with Gasteiger partial charge in [0, 0.05) is 51.0 Å². The molecule has 1 saturated heterocycles. The smallest absolute Gasteiger partial charge is 0.222 e. The van der Waals surface area contributed by atoms with Crippen LogP contribution in [0.4, 0.5) is 0 Å². The quantitative estimate of drug-likeness (QED) is 0.852. The molecule has 94 valence electrons. The topological polar surface area (TPSA) is 37.3 Å². The lowest BCUT2D eigenvalue weighted by Crippen LogP contribution is -2.46. The van der Waals surface area contributed by atoms with Gasteiger partial charge < -0.3 is 14.8 Å². The summed E-state index contributed by atoms with van der Waals surface area (Å²) in [4.78, 5) is 13.2. The lowest BCUT2D eigenvalue weighted by Gasteiger charge is -2.30. The van der Waals surface area contributed by atoms with Crippen LogP contribution in [0.25, 0.3) is 0 Å². The van der Waals surface area contributed by atoms with Crippen molar-refractivity contribution in [1.82, 2.24) is 14.8 Å². The van der Waals surface area contributed by atoms with Crippen molar-refractivity contribution in [1.29, 1.82) is 0 Å². The van der Waals surface area contributed by atoms with Gasteiger partial charge in [0.25, 0.3) is 0 Å². The summed E-state index contributed by atoms with van der Waals surface area (Å²) in [6.07, 6.45) is 3.73. The summed E-state index contributed by atoms with van der Waals surface area (Å²) in [6.45, 7) is 4.86. The predicted molar refractivity (Wildman–Crippen MR) is 67.6 cm³/mol. The van der Waals surface area contributed by atoms with Crippen molar-refractivity contribution in [3.8, 4) is 0 Å². The van der Waals surface area contributed by atoms with Crippen LogP contribution in [0.15, 0.2) is 18.3 Å². The molecule has 1 aliphatic rings. The molecule has 0 bridgehead atoms. The van der Waals surface area contributed by atoms with Gasteiger partial charge in [-0.1, -0.05) is 0 Å². The van der Waals surface area contributed by atoms with Crippen molar-refractivity contribution in [3.05, 3.63) is 24.0 Å². The Labute approximate surface area is 103 Å².